The summed E-state index contributed by atoms with van der Waals surface area (Å²) >= 11 is 0. The third-order valence-electron chi connectivity index (χ3n) is 4.75. The topological polar surface area (TPSA) is 70.2 Å². The minimum Gasteiger partial charge on any atom is -0.468 e. The molecule has 1 aliphatic heterocycles. The van der Waals surface area contributed by atoms with Gasteiger partial charge in [0.15, 0.2) is 0 Å². The molecule has 0 spiro atoms. The molecule has 0 bridgehead atoms. The summed E-state index contributed by atoms with van der Waals surface area (Å²) in [6.07, 6.45) is 2.20. The first-order valence-electron chi connectivity index (χ1n) is 8.78. The van der Waals surface area contributed by atoms with Gasteiger partial charge in [0.2, 0.25) is 5.91 Å². The second kappa shape index (κ2) is 8.69. The van der Waals surface area contributed by atoms with Gasteiger partial charge >= 0.3 is 12.0 Å². The number of urea groups is 1. The molecule has 142 valence electrons. The minimum atomic E-state index is -0.582. The summed E-state index contributed by atoms with van der Waals surface area (Å²) in [5, 5.41) is 0. The fourth-order valence-corrected chi connectivity index (χ4v) is 3.14. The Balaban J connectivity index is 2.14. The molecule has 0 radical (unpaired) electrons. The van der Waals surface area contributed by atoms with Gasteiger partial charge in [0, 0.05) is 26.3 Å². The first-order chi connectivity index (χ1) is 12.3. The number of ether oxygens (including phenoxy) is 1. The van der Waals surface area contributed by atoms with Crippen LogP contribution in [0.25, 0.3) is 0 Å². The number of rotatable bonds is 4. The van der Waals surface area contributed by atoms with Crippen LogP contribution in [-0.4, -0.2) is 68.0 Å². The van der Waals surface area contributed by atoms with Gasteiger partial charge < -0.3 is 14.5 Å². The maximum absolute atomic E-state index is 12.9. The lowest BCUT2D eigenvalue weighted by Gasteiger charge is -2.32. The first-order valence-corrected chi connectivity index (χ1v) is 8.78. The molecule has 1 aromatic rings. The number of likely N-dealkylation sites (N-methyl/N-ethyl adjacent to an activating group) is 1. The molecule has 0 aliphatic carbocycles. The Hall–Kier alpha value is -2.57. The average molecular weight is 361 g/mol. The molecule has 1 fully saturated rings. The molecular formula is C19H27N3O4. The van der Waals surface area contributed by atoms with Gasteiger partial charge in [0.05, 0.1) is 7.11 Å². The van der Waals surface area contributed by atoms with Crippen LogP contribution in [0.1, 0.15) is 24.8 Å². The zero-order chi connectivity index (χ0) is 19.3. The largest absolute Gasteiger partial charge is 0.468 e. The Morgan fingerprint density at radius 1 is 1.27 bits per heavy atom. The van der Waals surface area contributed by atoms with Crippen molar-refractivity contribution in [1.29, 1.82) is 0 Å². The Morgan fingerprint density at radius 3 is 2.65 bits per heavy atom. The lowest BCUT2D eigenvalue weighted by molar-refractivity contribution is -0.148. The van der Waals surface area contributed by atoms with Crippen molar-refractivity contribution >= 4 is 23.6 Å². The van der Waals surface area contributed by atoms with E-state index in [-0.39, 0.29) is 18.5 Å². The van der Waals surface area contributed by atoms with E-state index in [4.69, 9.17) is 0 Å². The Labute approximate surface area is 154 Å². The van der Waals surface area contributed by atoms with Crippen molar-refractivity contribution in [2.75, 3.05) is 39.2 Å². The number of anilines is 1. The molecule has 1 atom stereocenters. The van der Waals surface area contributed by atoms with Gasteiger partial charge in [0.1, 0.15) is 12.6 Å². The van der Waals surface area contributed by atoms with Crippen molar-refractivity contribution in [2.24, 2.45) is 0 Å². The van der Waals surface area contributed by atoms with E-state index in [1.807, 2.05) is 31.2 Å². The maximum atomic E-state index is 12.9. The summed E-state index contributed by atoms with van der Waals surface area (Å²) < 4.78 is 4.67. The van der Waals surface area contributed by atoms with E-state index < -0.39 is 12.0 Å². The third kappa shape index (κ3) is 4.53. The SMILES string of the molecule is COC(=O)CN1CCCCC(N(C)C(=O)N(C)c2cccc(C)c2)C1=O. The van der Waals surface area contributed by atoms with Crippen molar-refractivity contribution in [3.63, 3.8) is 0 Å². The molecule has 26 heavy (non-hydrogen) atoms. The highest BCUT2D eigenvalue weighted by molar-refractivity contribution is 5.95. The summed E-state index contributed by atoms with van der Waals surface area (Å²) in [6, 6.07) is 6.80. The van der Waals surface area contributed by atoms with Crippen molar-refractivity contribution in [1.82, 2.24) is 9.80 Å². The highest BCUT2D eigenvalue weighted by Gasteiger charge is 2.34. The molecular weight excluding hydrogens is 334 g/mol. The summed E-state index contributed by atoms with van der Waals surface area (Å²) in [7, 11) is 4.63. The van der Waals surface area contributed by atoms with Crippen LogP contribution in [0, 0.1) is 6.92 Å². The van der Waals surface area contributed by atoms with Crippen molar-refractivity contribution in [3.8, 4) is 0 Å². The van der Waals surface area contributed by atoms with Gasteiger partial charge in [0.25, 0.3) is 0 Å². The van der Waals surface area contributed by atoms with Gasteiger partial charge in [-0.3, -0.25) is 14.5 Å². The Kier molecular flexibility index (Phi) is 6.60. The van der Waals surface area contributed by atoms with E-state index in [2.05, 4.69) is 4.74 Å². The number of aryl methyl sites for hydroxylation is 1. The van der Waals surface area contributed by atoms with Crippen molar-refractivity contribution < 1.29 is 19.1 Å². The molecule has 7 nitrogen and oxygen atoms in total. The van der Waals surface area contributed by atoms with Crippen molar-refractivity contribution in [3.05, 3.63) is 29.8 Å². The normalized spacial score (nSPS) is 17.5. The highest BCUT2D eigenvalue weighted by atomic mass is 16.5. The molecule has 1 unspecified atom stereocenters. The average Bonchev–Trinajstić information content (AvgIpc) is 2.81. The van der Waals surface area contributed by atoms with Gasteiger partial charge in [-0.15, -0.1) is 0 Å². The molecule has 0 saturated carbocycles. The summed E-state index contributed by atoms with van der Waals surface area (Å²) in [4.78, 5) is 41.8. The number of hydrogen-bond donors (Lipinski definition) is 0. The van der Waals surface area contributed by atoms with Gasteiger partial charge in [-0.25, -0.2) is 4.79 Å². The Morgan fingerprint density at radius 2 is 2.00 bits per heavy atom. The zero-order valence-corrected chi connectivity index (χ0v) is 15.9. The van der Waals surface area contributed by atoms with E-state index in [0.717, 1.165) is 24.1 Å². The lowest BCUT2D eigenvalue weighted by atomic mass is 10.1. The van der Waals surface area contributed by atoms with E-state index in [1.54, 1.807) is 14.1 Å². The second-order valence-electron chi connectivity index (χ2n) is 6.64. The van der Waals surface area contributed by atoms with Crippen LogP contribution in [0.15, 0.2) is 24.3 Å². The fraction of sp³-hybridized carbons (Fsp3) is 0.526. The second-order valence-corrected chi connectivity index (χ2v) is 6.64. The lowest BCUT2D eigenvalue weighted by Crippen LogP contribution is -2.52. The van der Waals surface area contributed by atoms with Gasteiger partial charge in [-0.1, -0.05) is 12.1 Å². The minimum absolute atomic E-state index is 0.0818. The number of carbonyl (C=O) groups excluding carboxylic acids is 3. The van der Waals surface area contributed by atoms with Crippen LogP contribution < -0.4 is 4.90 Å². The molecule has 1 aliphatic rings. The molecule has 2 rings (SSSR count). The van der Waals surface area contributed by atoms with Crippen LogP contribution in [0.3, 0.4) is 0 Å². The van der Waals surface area contributed by atoms with Crippen molar-refractivity contribution in [2.45, 2.75) is 32.2 Å². The number of esters is 1. The number of hydrogen-bond acceptors (Lipinski definition) is 4. The standard InChI is InChI=1S/C19H27N3O4/c1-14-8-7-9-15(12-14)20(2)19(25)21(3)16-10-5-6-11-22(18(16)24)13-17(23)26-4/h7-9,12,16H,5-6,10-11,13H2,1-4H3. The van der Waals surface area contributed by atoms with E-state index in [0.29, 0.717) is 13.0 Å². The first kappa shape index (κ1) is 19.8. The highest BCUT2D eigenvalue weighted by Crippen LogP contribution is 2.20. The monoisotopic (exact) mass is 361 g/mol. The van der Waals surface area contributed by atoms with E-state index in [1.165, 1.54) is 21.8 Å². The maximum Gasteiger partial charge on any atom is 0.325 e. The summed E-state index contributed by atoms with van der Waals surface area (Å²) in [5.41, 5.74) is 1.83. The van der Waals surface area contributed by atoms with Crippen LogP contribution in [0.4, 0.5) is 10.5 Å². The number of amides is 3. The summed E-state index contributed by atoms with van der Waals surface area (Å²) in [6.45, 7) is 2.38. The van der Waals surface area contributed by atoms with Crippen LogP contribution in [0.5, 0.6) is 0 Å². The number of benzene rings is 1. The smallest absolute Gasteiger partial charge is 0.325 e. The summed E-state index contributed by atoms with van der Waals surface area (Å²) in [5.74, 6) is -0.661. The third-order valence-corrected chi connectivity index (χ3v) is 4.75. The van der Waals surface area contributed by atoms with Gasteiger partial charge in [-0.2, -0.15) is 0 Å². The predicted molar refractivity (Wildman–Crippen MR) is 99.0 cm³/mol. The zero-order valence-electron chi connectivity index (χ0n) is 15.9. The number of nitrogens with zero attached hydrogens (tertiary/aromatic N) is 3. The molecule has 1 saturated heterocycles. The molecule has 0 N–H and O–H groups in total. The number of likely N-dealkylation sites (tertiary alicyclic amines) is 1. The quantitative estimate of drug-likeness (QED) is 0.770. The molecule has 3 amide bonds. The fourth-order valence-electron chi connectivity index (χ4n) is 3.14. The number of carbonyl (C=O) groups is 3. The number of methoxy groups -OCH3 is 1. The molecule has 1 aromatic carbocycles. The molecule has 1 heterocycles. The Bertz CT molecular complexity index is 677. The molecule has 7 heteroatoms. The van der Waals surface area contributed by atoms with E-state index >= 15 is 0 Å². The van der Waals surface area contributed by atoms with Crippen LogP contribution in [-0.2, 0) is 14.3 Å². The van der Waals surface area contributed by atoms with Crippen LogP contribution in [0.2, 0.25) is 0 Å². The predicted octanol–water partition coefficient (Wildman–Crippen LogP) is 2.04. The molecule has 0 aromatic heterocycles. The van der Waals surface area contributed by atoms with E-state index in [9.17, 15) is 14.4 Å². The van der Waals surface area contributed by atoms with Gasteiger partial charge in [-0.05, 0) is 43.9 Å². The van der Waals surface area contributed by atoms with Crippen LogP contribution >= 0.6 is 0 Å².